The molecule has 3 nitrogen and oxygen atoms in total. The van der Waals surface area contributed by atoms with Crippen LogP contribution in [0.5, 0.6) is 5.75 Å². The van der Waals surface area contributed by atoms with Crippen molar-refractivity contribution in [3.63, 3.8) is 0 Å². The fourth-order valence-corrected chi connectivity index (χ4v) is 4.63. The van der Waals surface area contributed by atoms with Gasteiger partial charge in [0.05, 0.1) is 12.3 Å². The van der Waals surface area contributed by atoms with E-state index in [-0.39, 0.29) is 11.8 Å². The van der Waals surface area contributed by atoms with Gasteiger partial charge < -0.3 is 10.1 Å². The number of fused-ring (bicyclic) bond motifs is 4. The average molecular weight is 394 g/mol. The Morgan fingerprint density at radius 1 is 1.08 bits per heavy atom. The van der Waals surface area contributed by atoms with Crippen molar-refractivity contribution >= 4 is 38.3 Å². The smallest absolute Gasteiger partial charge is 0.225 e. The summed E-state index contributed by atoms with van der Waals surface area (Å²) >= 11 is 3.72. The molecule has 2 aliphatic heterocycles. The molecule has 1 atom stereocenters. The summed E-state index contributed by atoms with van der Waals surface area (Å²) < 4.78 is 6.80. The van der Waals surface area contributed by atoms with Gasteiger partial charge in [-0.2, -0.15) is 0 Å². The fourth-order valence-electron chi connectivity index (χ4n) is 3.96. The molecule has 25 heavy (non-hydrogen) atoms. The molecular formula is C21H16BrNO2. The van der Waals surface area contributed by atoms with E-state index < -0.39 is 0 Å². The molecule has 0 bridgehead atoms. The molecule has 0 spiro atoms. The van der Waals surface area contributed by atoms with Crippen LogP contribution in [-0.2, 0) is 11.2 Å². The van der Waals surface area contributed by atoms with Crippen LogP contribution in [-0.4, -0.2) is 12.5 Å². The third-order valence-electron chi connectivity index (χ3n) is 5.17. The number of carbonyl (C=O) groups is 1. The van der Waals surface area contributed by atoms with Gasteiger partial charge in [0.1, 0.15) is 5.75 Å². The second kappa shape index (κ2) is 5.60. The van der Waals surface area contributed by atoms with Crippen molar-refractivity contribution in [3.8, 4) is 5.75 Å². The van der Waals surface area contributed by atoms with Gasteiger partial charge in [-0.25, -0.2) is 0 Å². The molecule has 3 aromatic rings. The number of benzene rings is 3. The molecule has 5 rings (SSSR count). The molecule has 0 radical (unpaired) electrons. The van der Waals surface area contributed by atoms with E-state index >= 15 is 0 Å². The normalized spacial score (nSPS) is 18.4. The summed E-state index contributed by atoms with van der Waals surface area (Å²) in [6.45, 7) is 0.734. The van der Waals surface area contributed by atoms with Gasteiger partial charge in [-0.05, 0) is 34.2 Å². The molecule has 2 aliphatic rings. The summed E-state index contributed by atoms with van der Waals surface area (Å²) in [5.41, 5.74) is 4.45. The molecule has 0 saturated heterocycles. The Morgan fingerprint density at radius 3 is 2.88 bits per heavy atom. The lowest BCUT2D eigenvalue weighted by Gasteiger charge is -2.28. The van der Waals surface area contributed by atoms with Crippen molar-refractivity contribution in [2.75, 3.05) is 11.9 Å². The Bertz CT molecular complexity index is 1030. The summed E-state index contributed by atoms with van der Waals surface area (Å²) in [4.78, 5) is 12.4. The predicted octanol–water partition coefficient (Wildman–Crippen LogP) is 5.01. The van der Waals surface area contributed by atoms with Crippen molar-refractivity contribution in [2.24, 2.45) is 0 Å². The van der Waals surface area contributed by atoms with E-state index in [1.165, 1.54) is 5.56 Å². The van der Waals surface area contributed by atoms with E-state index in [4.69, 9.17) is 4.74 Å². The molecule has 2 heterocycles. The highest BCUT2D eigenvalue weighted by Crippen LogP contribution is 2.45. The summed E-state index contributed by atoms with van der Waals surface area (Å²) in [6.07, 6.45) is 1.39. The largest absolute Gasteiger partial charge is 0.493 e. The minimum absolute atomic E-state index is 0.0252. The number of ether oxygens (including phenoxy) is 1. The van der Waals surface area contributed by atoms with Crippen LogP contribution < -0.4 is 10.1 Å². The molecule has 4 heteroatoms. The van der Waals surface area contributed by atoms with Gasteiger partial charge in [-0.15, -0.1) is 0 Å². The second-order valence-corrected chi connectivity index (χ2v) is 7.49. The highest BCUT2D eigenvalue weighted by molar-refractivity contribution is 9.10. The van der Waals surface area contributed by atoms with Crippen LogP contribution in [0.15, 0.2) is 53.0 Å². The summed E-state index contributed by atoms with van der Waals surface area (Å²) in [6, 6.07) is 16.7. The highest BCUT2D eigenvalue weighted by atomic mass is 79.9. The molecule has 1 unspecified atom stereocenters. The standard InChI is InChI=1S/C21H16BrNO2/c22-18-9-13-7-8-25-19(13)10-17(18)16-11-20(24)23-21-14-4-2-1-3-12(14)5-6-15(16)21/h1-6,9-10,16H,7-8,11H2,(H,23,24). The molecule has 0 aliphatic carbocycles. The first kappa shape index (κ1) is 15.0. The molecule has 3 aromatic carbocycles. The first-order valence-corrected chi connectivity index (χ1v) is 9.26. The quantitative estimate of drug-likeness (QED) is 0.630. The third kappa shape index (κ3) is 2.35. The van der Waals surface area contributed by atoms with Gasteiger partial charge in [-0.1, -0.05) is 52.3 Å². The van der Waals surface area contributed by atoms with Gasteiger partial charge in [0.2, 0.25) is 5.91 Å². The zero-order valence-corrected chi connectivity index (χ0v) is 15.1. The first-order valence-electron chi connectivity index (χ1n) is 8.47. The number of rotatable bonds is 1. The zero-order valence-electron chi connectivity index (χ0n) is 13.5. The Kier molecular flexibility index (Phi) is 3.35. The van der Waals surface area contributed by atoms with Crippen LogP contribution in [0.3, 0.4) is 0 Å². The van der Waals surface area contributed by atoms with E-state index in [1.54, 1.807) is 0 Å². The number of hydrogen-bond acceptors (Lipinski definition) is 2. The average Bonchev–Trinajstić information content (AvgIpc) is 3.07. The number of halogens is 1. The zero-order chi connectivity index (χ0) is 17.0. The van der Waals surface area contributed by atoms with Gasteiger partial charge in [0.15, 0.2) is 0 Å². The fraction of sp³-hybridized carbons (Fsp3) is 0.190. The molecule has 0 saturated carbocycles. The van der Waals surface area contributed by atoms with E-state index in [0.717, 1.165) is 50.8 Å². The van der Waals surface area contributed by atoms with Gasteiger partial charge >= 0.3 is 0 Å². The maximum absolute atomic E-state index is 12.4. The molecule has 0 aromatic heterocycles. The van der Waals surface area contributed by atoms with E-state index in [9.17, 15) is 4.79 Å². The third-order valence-corrected chi connectivity index (χ3v) is 5.86. The molecule has 1 N–H and O–H groups in total. The van der Waals surface area contributed by atoms with E-state index in [2.05, 4.69) is 57.6 Å². The maximum Gasteiger partial charge on any atom is 0.225 e. The van der Waals surface area contributed by atoms with Gasteiger partial charge in [0, 0.05) is 28.6 Å². The summed E-state index contributed by atoms with van der Waals surface area (Å²) in [7, 11) is 0. The second-order valence-electron chi connectivity index (χ2n) is 6.64. The topological polar surface area (TPSA) is 38.3 Å². The van der Waals surface area contributed by atoms with Gasteiger partial charge in [0.25, 0.3) is 0 Å². The molecular weight excluding hydrogens is 378 g/mol. The number of carbonyl (C=O) groups excluding carboxylic acids is 1. The maximum atomic E-state index is 12.4. The number of nitrogens with one attached hydrogen (secondary N) is 1. The van der Waals surface area contributed by atoms with Crippen LogP contribution in [0.1, 0.15) is 29.0 Å². The van der Waals surface area contributed by atoms with E-state index in [0.29, 0.717) is 6.42 Å². The predicted molar refractivity (Wildman–Crippen MR) is 102 cm³/mol. The first-order chi connectivity index (χ1) is 12.2. The lowest BCUT2D eigenvalue weighted by Crippen LogP contribution is -2.24. The SMILES string of the molecule is O=C1CC(c2cc3c(cc2Br)CCO3)c2ccc3ccccc3c2N1. The molecule has 1 amide bonds. The van der Waals surface area contributed by atoms with Crippen LogP contribution in [0, 0.1) is 0 Å². The van der Waals surface area contributed by atoms with Gasteiger partial charge in [-0.3, -0.25) is 4.79 Å². The molecule has 124 valence electrons. The minimum Gasteiger partial charge on any atom is -0.493 e. The monoisotopic (exact) mass is 393 g/mol. The van der Waals surface area contributed by atoms with Crippen molar-refractivity contribution in [2.45, 2.75) is 18.8 Å². The Hall–Kier alpha value is -2.33. The lowest BCUT2D eigenvalue weighted by atomic mass is 9.83. The number of hydrogen-bond donors (Lipinski definition) is 1. The number of anilines is 1. The Balaban J connectivity index is 1.72. The number of amides is 1. The van der Waals surface area contributed by atoms with Crippen molar-refractivity contribution in [1.82, 2.24) is 0 Å². The van der Waals surface area contributed by atoms with Crippen LogP contribution in [0.4, 0.5) is 5.69 Å². The van der Waals surface area contributed by atoms with Crippen molar-refractivity contribution in [3.05, 3.63) is 69.7 Å². The minimum atomic E-state index is 0.0252. The summed E-state index contributed by atoms with van der Waals surface area (Å²) in [5.74, 6) is 1.03. The van der Waals surface area contributed by atoms with E-state index in [1.807, 2.05) is 12.1 Å². The summed E-state index contributed by atoms with van der Waals surface area (Å²) in [5, 5.41) is 5.32. The van der Waals surface area contributed by atoms with Crippen LogP contribution in [0.25, 0.3) is 10.8 Å². The van der Waals surface area contributed by atoms with Crippen molar-refractivity contribution in [1.29, 1.82) is 0 Å². The molecule has 0 fully saturated rings. The van der Waals surface area contributed by atoms with Crippen molar-refractivity contribution < 1.29 is 9.53 Å². The van der Waals surface area contributed by atoms with Crippen LogP contribution >= 0.6 is 15.9 Å². The Labute approximate surface area is 154 Å². The highest BCUT2D eigenvalue weighted by Gasteiger charge is 2.30. The Morgan fingerprint density at radius 2 is 1.96 bits per heavy atom. The lowest BCUT2D eigenvalue weighted by molar-refractivity contribution is -0.116. The van der Waals surface area contributed by atoms with Crippen LogP contribution in [0.2, 0.25) is 0 Å².